The summed E-state index contributed by atoms with van der Waals surface area (Å²) < 4.78 is 28.5. The molecule has 0 aliphatic heterocycles. The van der Waals surface area contributed by atoms with Gasteiger partial charge in [-0.15, -0.1) is 0 Å². The van der Waals surface area contributed by atoms with Crippen LogP contribution >= 0.6 is 0 Å². The van der Waals surface area contributed by atoms with Crippen molar-refractivity contribution in [3.05, 3.63) is 23.8 Å². The molecule has 0 aliphatic rings. The van der Waals surface area contributed by atoms with Crippen LogP contribution in [0.2, 0.25) is 0 Å². The number of hydrogen-bond acceptors (Lipinski definition) is 3. The van der Waals surface area contributed by atoms with E-state index >= 15 is 0 Å². The number of aromatic hydroxyl groups is 1. The predicted octanol–water partition coefficient (Wildman–Crippen LogP) is 2.00. The first-order chi connectivity index (χ1) is 8.13. The molecular weight excluding hydrogens is 252 g/mol. The number of nitrogens with one attached hydrogen (secondary N) is 2. The van der Waals surface area contributed by atoms with E-state index in [0.717, 1.165) is 12.0 Å². The molecule has 1 rings (SSSR count). The molecule has 0 spiro atoms. The molecule has 6 heteroatoms. The largest absolute Gasteiger partial charge is 0.506 e. The second-order valence-corrected chi connectivity index (χ2v) is 6.58. The number of phenols is 1. The summed E-state index contributed by atoms with van der Waals surface area (Å²) in [5.74, 6) is -0.0912. The summed E-state index contributed by atoms with van der Waals surface area (Å²) >= 11 is 0. The van der Waals surface area contributed by atoms with Crippen molar-refractivity contribution in [2.75, 3.05) is 4.72 Å². The van der Waals surface area contributed by atoms with Crippen molar-refractivity contribution in [1.82, 2.24) is 4.72 Å². The van der Waals surface area contributed by atoms with Crippen molar-refractivity contribution in [2.24, 2.45) is 0 Å². The van der Waals surface area contributed by atoms with Gasteiger partial charge in [0.1, 0.15) is 5.75 Å². The van der Waals surface area contributed by atoms with Crippen molar-refractivity contribution in [3.8, 4) is 5.75 Å². The van der Waals surface area contributed by atoms with E-state index < -0.39 is 15.7 Å². The van der Waals surface area contributed by atoms with E-state index in [9.17, 15) is 13.5 Å². The Morgan fingerprint density at radius 3 is 2.39 bits per heavy atom. The second-order valence-electron chi connectivity index (χ2n) is 5.16. The van der Waals surface area contributed by atoms with Crippen molar-refractivity contribution in [3.63, 3.8) is 0 Å². The van der Waals surface area contributed by atoms with Crippen LogP contribution in [0.5, 0.6) is 5.75 Å². The second kappa shape index (κ2) is 5.16. The summed E-state index contributed by atoms with van der Waals surface area (Å²) in [6.45, 7) is 7.19. The lowest BCUT2D eigenvalue weighted by molar-refractivity contribution is 0.476. The van der Waals surface area contributed by atoms with Gasteiger partial charge in [-0.05, 0) is 44.9 Å². The van der Waals surface area contributed by atoms with Gasteiger partial charge in [-0.25, -0.2) is 0 Å². The molecule has 0 heterocycles. The Kier molecular flexibility index (Phi) is 4.24. The summed E-state index contributed by atoms with van der Waals surface area (Å²) in [7, 11) is -3.70. The molecule has 0 aliphatic carbocycles. The van der Waals surface area contributed by atoms with Gasteiger partial charge in [-0.2, -0.15) is 13.1 Å². The molecular formula is C12H20N2O3S. The van der Waals surface area contributed by atoms with Crippen LogP contribution in [0.1, 0.15) is 33.3 Å². The monoisotopic (exact) mass is 272 g/mol. The quantitative estimate of drug-likeness (QED) is 0.734. The zero-order chi connectivity index (χ0) is 14.0. The number of phenolic OH excluding ortho intramolecular Hbond substituents is 1. The van der Waals surface area contributed by atoms with Gasteiger partial charge >= 0.3 is 0 Å². The first kappa shape index (κ1) is 14.8. The zero-order valence-electron chi connectivity index (χ0n) is 11.1. The number of hydrogen-bond donors (Lipinski definition) is 3. The van der Waals surface area contributed by atoms with Gasteiger partial charge in [0.05, 0.1) is 5.69 Å². The van der Waals surface area contributed by atoms with Gasteiger partial charge in [0.2, 0.25) is 0 Å². The molecule has 1 aromatic rings. The predicted molar refractivity (Wildman–Crippen MR) is 72.9 cm³/mol. The number of benzene rings is 1. The standard InChI is InChI=1S/C12H20N2O3S/c1-5-9-6-7-11(15)10(8-9)13-18(16,17)14-12(2,3)4/h6-8,13-15H,5H2,1-4H3. The molecule has 0 saturated heterocycles. The Hall–Kier alpha value is -1.27. The number of anilines is 1. The van der Waals surface area contributed by atoms with Crippen molar-refractivity contribution >= 4 is 15.9 Å². The molecule has 0 atom stereocenters. The third kappa shape index (κ3) is 4.54. The van der Waals surface area contributed by atoms with E-state index in [1.807, 2.05) is 6.92 Å². The third-order valence-corrected chi connectivity index (χ3v) is 3.52. The van der Waals surface area contributed by atoms with Crippen LogP contribution in [-0.4, -0.2) is 19.1 Å². The molecule has 0 aromatic heterocycles. The molecule has 5 nitrogen and oxygen atoms in total. The first-order valence-electron chi connectivity index (χ1n) is 5.76. The first-order valence-corrected chi connectivity index (χ1v) is 7.25. The number of aryl methyl sites for hydroxylation is 1. The topological polar surface area (TPSA) is 78.4 Å². The minimum absolute atomic E-state index is 0.0912. The SMILES string of the molecule is CCc1ccc(O)c(NS(=O)(=O)NC(C)(C)C)c1. The molecule has 0 unspecified atom stereocenters. The molecule has 102 valence electrons. The summed E-state index contributed by atoms with van der Waals surface area (Å²) in [4.78, 5) is 0. The van der Waals surface area contributed by atoms with Crippen LogP contribution in [-0.2, 0) is 16.6 Å². The fraction of sp³-hybridized carbons (Fsp3) is 0.500. The molecule has 18 heavy (non-hydrogen) atoms. The normalized spacial score (nSPS) is 12.4. The maximum Gasteiger partial charge on any atom is 0.299 e. The smallest absolute Gasteiger partial charge is 0.299 e. The summed E-state index contributed by atoms with van der Waals surface area (Å²) in [6.07, 6.45) is 0.766. The highest BCUT2D eigenvalue weighted by Crippen LogP contribution is 2.25. The third-order valence-electron chi connectivity index (χ3n) is 2.15. The molecule has 1 aromatic carbocycles. The van der Waals surface area contributed by atoms with Gasteiger partial charge in [-0.1, -0.05) is 13.0 Å². The Bertz CT molecular complexity index is 519. The van der Waals surface area contributed by atoms with E-state index in [-0.39, 0.29) is 11.4 Å². The highest BCUT2D eigenvalue weighted by atomic mass is 32.2. The van der Waals surface area contributed by atoms with Gasteiger partial charge in [0, 0.05) is 5.54 Å². The Morgan fingerprint density at radius 2 is 1.89 bits per heavy atom. The van der Waals surface area contributed by atoms with Crippen LogP contribution in [0.15, 0.2) is 18.2 Å². The molecule has 0 fully saturated rings. The Morgan fingerprint density at radius 1 is 1.28 bits per heavy atom. The molecule has 3 N–H and O–H groups in total. The average Bonchev–Trinajstić information content (AvgIpc) is 2.17. The van der Waals surface area contributed by atoms with Gasteiger partial charge in [0.15, 0.2) is 0 Å². The van der Waals surface area contributed by atoms with E-state index in [2.05, 4.69) is 9.44 Å². The summed E-state index contributed by atoms with van der Waals surface area (Å²) in [6, 6.07) is 4.86. The van der Waals surface area contributed by atoms with Crippen molar-refractivity contribution in [1.29, 1.82) is 0 Å². The van der Waals surface area contributed by atoms with E-state index in [0.29, 0.717) is 0 Å². The summed E-state index contributed by atoms with van der Waals surface area (Å²) in [5, 5.41) is 9.64. The highest BCUT2D eigenvalue weighted by Gasteiger charge is 2.20. The summed E-state index contributed by atoms with van der Waals surface area (Å²) in [5.41, 5.74) is 0.552. The lowest BCUT2D eigenvalue weighted by atomic mass is 10.1. The van der Waals surface area contributed by atoms with Crippen LogP contribution < -0.4 is 9.44 Å². The van der Waals surface area contributed by atoms with E-state index in [1.165, 1.54) is 6.07 Å². The van der Waals surface area contributed by atoms with Crippen LogP contribution in [0, 0.1) is 0 Å². The number of rotatable bonds is 4. The maximum absolute atomic E-state index is 11.8. The minimum Gasteiger partial charge on any atom is -0.506 e. The zero-order valence-corrected chi connectivity index (χ0v) is 11.9. The van der Waals surface area contributed by atoms with Crippen LogP contribution in [0.4, 0.5) is 5.69 Å². The van der Waals surface area contributed by atoms with Crippen molar-refractivity contribution in [2.45, 2.75) is 39.7 Å². The highest BCUT2D eigenvalue weighted by molar-refractivity contribution is 7.90. The fourth-order valence-electron chi connectivity index (χ4n) is 1.46. The lowest BCUT2D eigenvalue weighted by Gasteiger charge is -2.21. The maximum atomic E-state index is 11.8. The molecule has 0 saturated carbocycles. The van der Waals surface area contributed by atoms with Gasteiger partial charge in [-0.3, -0.25) is 4.72 Å². The van der Waals surface area contributed by atoms with Crippen LogP contribution in [0.25, 0.3) is 0 Å². The molecule has 0 radical (unpaired) electrons. The minimum atomic E-state index is -3.70. The van der Waals surface area contributed by atoms with E-state index in [4.69, 9.17) is 0 Å². The van der Waals surface area contributed by atoms with Crippen LogP contribution in [0.3, 0.4) is 0 Å². The lowest BCUT2D eigenvalue weighted by Crippen LogP contribution is -2.43. The molecule has 0 amide bonds. The molecule has 0 bridgehead atoms. The average molecular weight is 272 g/mol. The Labute approximate surface area is 108 Å². The van der Waals surface area contributed by atoms with Gasteiger partial charge in [0.25, 0.3) is 10.2 Å². The Balaban J connectivity index is 2.97. The van der Waals surface area contributed by atoms with Crippen molar-refractivity contribution < 1.29 is 13.5 Å². The van der Waals surface area contributed by atoms with Gasteiger partial charge < -0.3 is 5.11 Å². The fourth-order valence-corrected chi connectivity index (χ4v) is 2.77. The van der Waals surface area contributed by atoms with E-state index in [1.54, 1.807) is 32.9 Å².